The molecule has 1 aromatic heterocycles. The number of halogens is 1. The Balaban J connectivity index is 1.96. The molecule has 0 saturated carbocycles. The van der Waals surface area contributed by atoms with Gasteiger partial charge in [-0.1, -0.05) is 0 Å². The molecule has 0 spiro atoms. The van der Waals surface area contributed by atoms with Crippen LogP contribution < -0.4 is 4.74 Å². The van der Waals surface area contributed by atoms with Gasteiger partial charge in [0, 0.05) is 19.7 Å². The Hall–Kier alpha value is -2.17. The van der Waals surface area contributed by atoms with Crippen LogP contribution in [0.5, 0.6) is 5.75 Å². The third kappa shape index (κ3) is 2.94. The largest absolute Gasteiger partial charge is 0.492 e. The topological polar surface area (TPSA) is 44.1 Å². The van der Waals surface area contributed by atoms with Crippen LogP contribution in [0.25, 0.3) is 0 Å². The molecule has 0 atom stereocenters. The Bertz CT molecular complexity index is 552. The molecule has 5 heteroatoms. The van der Waals surface area contributed by atoms with Gasteiger partial charge in [-0.25, -0.2) is 4.39 Å². The summed E-state index contributed by atoms with van der Waals surface area (Å²) in [5.41, 5.74) is 1.27. The number of hydrogen-bond acceptors (Lipinski definition) is 3. The Labute approximate surface area is 104 Å². The maximum absolute atomic E-state index is 12.9. The van der Waals surface area contributed by atoms with Crippen molar-refractivity contribution in [1.29, 1.82) is 0 Å². The summed E-state index contributed by atoms with van der Waals surface area (Å²) in [6.07, 6.45) is 4.93. The lowest BCUT2D eigenvalue weighted by Crippen LogP contribution is -2.03. The van der Waals surface area contributed by atoms with Gasteiger partial charge in [-0.3, -0.25) is 9.48 Å². The molecule has 2 aromatic rings. The molecule has 0 N–H and O–H groups in total. The van der Waals surface area contributed by atoms with Gasteiger partial charge in [-0.2, -0.15) is 5.10 Å². The fourth-order valence-corrected chi connectivity index (χ4v) is 1.62. The quantitative estimate of drug-likeness (QED) is 0.760. The van der Waals surface area contributed by atoms with E-state index < -0.39 is 5.82 Å². The van der Waals surface area contributed by atoms with E-state index in [1.165, 1.54) is 12.1 Å². The van der Waals surface area contributed by atoms with E-state index in [4.69, 9.17) is 4.74 Å². The molecule has 2 rings (SSSR count). The third-order valence-electron chi connectivity index (χ3n) is 2.51. The molecule has 0 bridgehead atoms. The monoisotopic (exact) mass is 248 g/mol. The van der Waals surface area contributed by atoms with E-state index in [2.05, 4.69) is 5.10 Å². The van der Waals surface area contributed by atoms with Gasteiger partial charge >= 0.3 is 0 Å². The number of nitrogens with zero attached hydrogens (tertiary/aromatic N) is 2. The van der Waals surface area contributed by atoms with E-state index in [9.17, 15) is 9.18 Å². The lowest BCUT2D eigenvalue weighted by Gasteiger charge is -2.07. The minimum absolute atomic E-state index is 0.223. The van der Waals surface area contributed by atoms with Crippen molar-refractivity contribution in [1.82, 2.24) is 9.78 Å². The molecule has 0 aliphatic carbocycles. The number of aromatic nitrogens is 2. The molecule has 0 aliphatic rings. The zero-order valence-electron chi connectivity index (χ0n) is 9.97. The summed E-state index contributed by atoms with van der Waals surface area (Å²) in [6, 6.07) is 3.89. The van der Waals surface area contributed by atoms with Crippen LogP contribution in [-0.2, 0) is 13.5 Å². The first-order valence-electron chi connectivity index (χ1n) is 5.54. The predicted octanol–water partition coefficient (Wildman–Crippen LogP) is 1.99. The van der Waals surface area contributed by atoms with Crippen LogP contribution in [0.3, 0.4) is 0 Å². The average molecular weight is 248 g/mol. The van der Waals surface area contributed by atoms with Crippen molar-refractivity contribution in [3.63, 3.8) is 0 Å². The Morgan fingerprint density at radius 1 is 1.50 bits per heavy atom. The maximum atomic E-state index is 12.9. The normalized spacial score (nSPS) is 10.3. The second-order valence-corrected chi connectivity index (χ2v) is 3.92. The summed E-state index contributed by atoms with van der Waals surface area (Å²) in [5.74, 6) is -0.0491. The van der Waals surface area contributed by atoms with Crippen molar-refractivity contribution in [2.45, 2.75) is 6.42 Å². The number of aryl methyl sites for hydroxylation is 1. The number of carbonyl (C=O) groups is 1. The number of ether oxygens (including phenoxy) is 1. The molecule has 0 amide bonds. The van der Waals surface area contributed by atoms with Gasteiger partial charge < -0.3 is 4.74 Å². The summed E-state index contributed by atoms with van der Waals surface area (Å²) in [7, 11) is 1.84. The first-order chi connectivity index (χ1) is 8.69. The van der Waals surface area contributed by atoms with Crippen LogP contribution in [0.2, 0.25) is 0 Å². The summed E-state index contributed by atoms with van der Waals surface area (Å²) in [4.78, 5) is 10.8. The Kier molecular flexibility index (Phi) is 3.72. The molecular formula is C13H13FN2O2. The zero-order chi connectivity index (χ0) is 13.0. The van der Waals surface area contributed by atoms with Gasteiger partial charge in [0.2, 0.25) is 0 Å². The smallest absolute Gasteiger partial charge is 0.153 e. The van der Waals surface area contributed by atoms with Crippen LogP contribution in [0, 0.1) is 5.82 Å². The summed E-state index contributed by atoms with van der Waals surface area (Å²) < 4.78 is 20.1. The molecule has 94 valence electrons. The van der Waals surface area contributed by atoms with Crippen LogP contribution in [-0.4, -0.2) is 22.7 Å². The first kappa shape index (κ1) is 12.3. The van der Waals surface area contributed by atoms with E-state index in [1.807, 2.05) is 13.2 Å². The van der Waals surface area contributed by atoms with E-state index in [1.54, 1.807) is 10.9 Å². The van der Waals surface area contributed by atoms with Crippen molar-refractivity contribution in [3.8, 4) is 5.75 Å². The van der Waals surface area contributed by atoms with E-state index in [0.717, 1.165) is 11.6 Å². The molecule has 4 nitrogen and oxygen atoms in total. The number of aldehydes is 1. The van der Waals surface area contributed by atoms with Crippen molar-refractivity contribution >= 4 is 6.29 Å². The molecule has 18 heavy (non-hydrogen) atoms. The molecule has 0 unspecified atom stereocenters. The number of rotatable bonds is 5. The van der Waals surface area contributed by atoms with Crippen LogP contribution in [0.1, 0.15) is 15.9 Å². The number of carbonyl (C=O) groups excluding carboxylic acids is 1. The molecule has 0 aliphatic heterocycles. The maximum Gasteiger partial charge on any atom is 0.153 e. The second kappa shape index (κ2) is 5.44. The zero-order valence-corrected chi connectivity index (χ0v) is 9.97. The number of hydrogen-bond donors (Lipinski definition) is 0. The first-order valence-corrected chi connectivity index (χ1v) is 5.54. The second-order valence-electron chi connectivity index (χ2n) is 3.92. The minimum atomic E-state index is -0.447. The van der Waals surface area contributed by atoms with Gasteiger partial charge in [0.25, 0.3) is 0 Å². The molecule has 0 radical (unpaired) electrons. The standard InChI is InChI=1S/C13H13FN2O2/c1-16-8-10(7-15-16)4-5-18-13-3-2-12(14)6-11(13)9-17/h2-3,6-9H,4-5H2,1H3. The van der Waals surface area contributed by atoms with Crippen molar-refractivity contribution < 1.29 is 13.9 Å². The molecule has 0 fully saturated rings. The molecular weight excluding hydrogens is 235 g/mol. The lowest BCUT2D eigenvalue weighted by atomic mass is 10.2. The fourth-order valence-electron chi connectivity index (χ4n) is 1.62. The van der Waals surface area contributed by atoms with Crippen molar-refractivity contribution in [3.05, 3.63) is 47.5 Å². The van der Waals surface area contributed by atoms with E-state index >= 15 is 0 Å². The molecule has 1 heterocycles. The number of benzene rings is 1. The highest BCUT2D eigenvalue weighted by Crippen LogP contribution is 2.18. The lowest BCUT2D eigenvalue weighted by molar-refractivity contribution is 0.111. The highest BCUT2D eigenvalue weighted by atomic mass is 19.1. The van der Waals surface area contributed by atoms with Crippen molar-refractivity contribution in [2.75, 3.05) is 6.61 Å². The van der Waals surface area contributed by atoms with Gasteiger partial charge in [0.1, 0.15) is 11.6 Å². The van der Waals surface area contributed by atoms with Crippen LogP contribution in [0.4, 0.5) is 4.39 Å². The summed E-state index contributed by atoms with van der Waals surface area (Å²) in [6.45, 7) is 0.415. The van der Waals surface area contributed by atoms with Crippen molar-refractivity contribution in [2.24, 2.45) is 7.05 Å². The minimum Gasteiger partial charge on any atom is -0.492 e. The summed E-state index contributed by atoms with van der Waals surface area (Å²) in [5, 5.41) is 4.04. The van der Waals surface area contributed by atoms with Gasteiger partial charge in [-0.15, -0.1) is 0 Å². The Morgan fingerprint density at radius 3 is 3.00 bits per heavy atom. The predicted molar refractivity (Wildman–Crippen MR) is 64.2 cm³/mol. The third-order valence-corrected chi connectivity index (χ3v) is 2.51. The van der Waals surface area contributed by atoms with Crippen LogP contribution >= 0.6 is 0 Å². The van der Waals surface area contributed by atoms with Gasteiger partial charge in [-0.05, 0) is 23.8 Å². The van der Waals surface area contributed by atoms with E-state index in [-0.39, 0.29) is 5.56 Å². The van der Waals surface area contributed by atoms with E-state index in [0.29, 0.717) is 25.1 Å². The summed E-state index contributed by atoms with van der Waals surface area (Å²) >= 11 is 0. The average Bonchev–Trinajstić information content (AvgIpc) is 2.77. The fraction of sp³-hybridized carbons (Fsp3) is 0.231. The highest BCUT2D eigenvalue weighted by molar-refractivity contribution is 5.79. The molecule has 1 aromatic carbocycles. The molecule has 0 saturated heterocycles. The highest BCUT2D eigenvalue weighted by Gasteiger charge is 2.05. The van der Waals surface area contributed by atoms with Gasteiger partial charge in [0.05, 0.1) is 18.4 Å². The SMILES string of the molecule is Cn1cc(CCOc2ccc(F)cc2C=O)cn1. The van der Waals surface area contributed by atoms with Crippen LogP contribution in [0.15, 0.2) is 30.6 Å². The Morgan fingerprint density at radius 2 is 2.33 bits per heavy atom. The van der Waals surface area contributed by atoms with Gasteiger partial charge in [0.15, 0.2) is 6.29 Å².